The van der Waals surface area contributed by atoms with Gasteiger partial charge in [-0.1, -0.05) is 30.3 Å². The maximum absolute atomic E-state index is 11.6. The fourth-order valence-corrected chi connectivity index (χ4v) is 2.50. The number of hydrogen-bond acceptors (Lipinski definition) is 3. The van der Waals surface area contributed by atoms with E-state index in [1.54, 1.807) is 48.5 Å². The second-order valence-electron chi connectivity index (χ2n) is 5.43. The lowest BCUT2D eigenvalue weighted by molar-refractivity contribution is 0.0699. The summed E-state index contributed by atoms with van der Waals surface area (Å²) in [5, 5.41) is 10.1. The molecule has 130 valence electrons. The molecule has 26 heavy (non-hydrogen) atoms. The quantitative estimate of drug-likeness (QED) is 0.418. The summed E-state index contributed by atoms with van der Waals surface area (Å²) in [5.74, 6) is -1.24. The summed E-state index contributed by atoms with van der Waals surface area (Å²) < 4.78 is 0. The van der Waals surface area contributed by atoms with E-state index in [9.17, 15) is 9.90 Å². The molecule has 0 atom stereocenters. The molecule has 0 aliphatic rings. The van der Waals surface area contributed by atoms with Gasteiger partial charge in [-0.05, 0) is 24.3 Å². The zero-order chi connectivity index (χ0) is 18.7. The Bertz CT molecular complexity index is 1040. The summed E-state index contributed by atoms with van der Waals surface area (Å²) in [6.45, 7) is 0. The maximum Gasteiger partial charge on any atom is 0.336 e. The van der Waals surface area contributed by atoms with E-state index in [1.807, 2.05) is 6.07 Å². The highest BCUT2D eigenvalue weighted by atomic mass is 16.4. The van der Waals surface area contributed by atoms with Crippen molar-refractivity contribution in [1.29, 1.82) is 0 Å². The molecular weight excluding hydrogens is 332 g/mol. The molecule has 0 spiro atoms. The molecular formula is C18H16N6O2. The number of rotatable bonds is 3. The zero-order valence-electron chi connectivity index (χ0n) is 13.6. The molecule has 7 N–H and O–H groups in total. The lowest BCUT2D eigenvalue weighted by Gasteiger charge is -2.07. The molecule has 0 radical (unpaired) electrons. The van der Waals surface area contributed by atoms with Gasteiger partial charge in [0.05, 0.1) is 22.5 Å². The first kappa shape index (κ1) is 16.9. The average Bonchev–Trinajstić information content (AvgIpc) is 2.60. The van der Waals surface area contributed by atoms with Gasteiger partial charge in [0, 0.05) is 10.9 Å². The third-order valence-electron chi connectivity index (χ3n) is 3.60. The minimum atomic E-state index is -1.00. The Morgan fingerprint density at radius 3 is 2.35 bits per heavy atom. The molecule has 1 heterocycles. The molecule has 0 aliphatic carbocycles. The third-order valence-corrected chi connectivity index (χ3v) is 3.60. The molecule has 0 aliphatic heterocycles. The number of carbonyl (C=O) groups is 1. The van der Waals surface area contributed by atoms with Gasteiger partial charge in [-0.25, -0.2) is 14.8 Å². The van der Waals surface area contributed by atoms with Crippen LogP contribution in [0.3, 0.4) is 0 Å². The summed E-state index contributed by atoms with van der Waals surface area (Å²) in [7, 11) is 0. The standard InChI is InChI=1S/C18H16N6O2/c19-17(20)24-18(21)22-11-7-5-10(6-8-11)15-9-13(16(25)26)12-3-1-2-4-14(12)23-15/h1-9H,(H,25,26)(H6,19,20,21,22,24). The summed E-state index contributed by atoms with van der Waals surface area (Å²) in [5.41, 5.74) is 18.7. The van der Waals surface area contributed by atoms with Crippen LogP contribution in [0, 0.1) is 0 Å². The fraction of sp³-hybridized carbons (Fsp3) is 0. The van der Waals surface area contributed by atoms with Gasteiger partial charge in [-0.3, -0.25) is 0 Å². The van der Waals surface area contributed by atoms with Gasteiger partial charge < -0.3 is 22.3 Å². The topological polar surface area (TPSA) is 153 Å². The molecule has 2 aromatic carbocycles. The van der Waals surface area contributed by atoms with Crippen LogP contribution in [0.5, 0.6) is 0 Å². The van der Waals surface area contributed by atoms with Crippen molar-refractivity contribution >= 4 is 34.5 Å². The minimum absolute atomic E-state index is 0.0604. The fourth-order valence-electron chi connectivity index (χ4n) is 2.50. The molecule has 3 rings (SSSR count). The second-order valence-corrected chi connectivity index (χ2v) is 5.43. The number of guanidine groups is 2. The first-order valence-corrected chi connectivity index (χ1v) is 7.61. The number of nitrogens with two attached hydrogens (primary N) is 3. The Kier molecular flexibility index (Phi) is 4.48. The van der Waals surface area contributed by atoms with Gasteiger partial charge >= 0.3 is 5.97 Å². The Labute approximate surface area is 148 Å². The van der Waals surface area contributed by atoms with Crippen LogP contribution >= 0.6 is 0 Å². The number of nitrogens with zero attached hydrogens (tertiary/aromatic N) is 3. The van der Waals surface area contributed by atoms with Gasteiger partial charge in [-0.15, -0.1) is 0 Å². The van der Waals surface area contributed by atoms with Crippen molar-refractivity contribution in [3.63, 3.8) is 0 Å². The first-order chi connectivity index (χ1) is 12.4. The van der Waals surface area contributed by atoms with E-state index < -0.39 is 5.97 Å². The highest BCUT2D eigenvalue weighted by Gasteiger charge is 2.12. The number of aromatic nitrogens is 1. The van der Waals surface area contributed by atoms with Crippen LogP contribution in [0.25, 0.3) is 22.2 Å². The van der Waals surface area contributed by atoms with Crippen molar-refractivity contribution in [3.8, 4) is 11.3 Å². The lowest BCUT2D eigenvalue weighted by Crippen LogP contribution is -2.26. The van der Waals surface area contributed by atoms with Crippen molar-refractivity contribution < 1.29 is 9.90 Å². The van der Waals surface area contributed by atoms with Gasteiger partial charge in [0.15, 0.2) is 5.96 Å². The third kappa shape index (κ3) is 3.59. The van der Waals surface area contributed by atoms with E-state index in [-0.39, 0.29) is 17.5 Å². The largest absolute Gasteiger partial charge is 0.478 e. The molecule has 0 fully saturated rings. The van der Waals surface area contributed by atoms with Gasteiger partial charge in [0.2, 0.25) is 5.96 Å². The molecule has 0 unspecified atom stereocenters. The Balaban J connectivity index is 2.02. The molecule has 8 heteroatoms. The normalized spacial score (nSPS) is 11.3. The number of carboxylic acid groups (broad SMARTS) is 1. The van der Waals surface area contributed by atoms with Crippen molar-refractivity contribution in [2.24, 2.45) is 27.2 Å². The summed E-state index contributed by atoms with van der Waals surface area (Å²) >= 11 is 0. The van der Waals surface area contributed by atoms with Crippen molar-refractivity contribution in [2.75, 3.05) is 0 Å². The highest BCUT2D eigenvalue weighted by Crippen LogP contribution is 2.26. The van der Waals surface area contributed by atoms with E-state index in [0.717, 1.165) is 5.56 Å². The summed E-state index contributed by atoms with van der Waals surface area (Å²) in [4.78, 5) is 23.8. The highest BCUT2D eigenvalue weighted by molar-refractivity contribution is 6.03. The lowest BCUT2D eigenvalue weighted by atomic mass is 10.0. The van der Waals surface area contributed by atoms with Crippen LogP contribution in [0.15, 0.2) is 64.6 Å². The number of fused-ring (bicyclic) bond motifs is 1. The predicted molar refractivity (Wildman–Crippen MR) is 101 cm³/mol. The number of benzene rings is 2. The van der Waals surface area contributed by atoms with Gasteiger partial charge in [-0.2, -0.15) is 4.99 Å². The molecule has 0 saturated heterocycles. The Morgan fingerprint density at radius 2 is 1.69 bits per heavy atom. The monoisotopic (exact) mass is 348 g/mol. The van der Waals surface area contributed by atoms with E-state index in [4.69, 9.17) is 17.2 Å². The molecule has 3 aromatic rings. The van der Waals surface area contributed by atoms with Crippen molar-refractivity contribution in [2.45, 2.75) is 0 Å². The smallest absolute Gasteiger partial charge is 0.336 e. The predicted octanol–water partition coefficient (Wildman–Crippen LogP) is 1.82. The number of pyridine rings is 1. The zero-order valence-corrected chi connectivity index (χ0v) is 13.6. The van der Waals surface area contributed by atoms with E-state index >= 15 is 0 Å². The molecule has 0 amide bonds. The average molecular weight is 348 g/mol. The minimum Gasteiger partial charge on any atom is -0.478 e. The molecule has 0 saturated carbocycles. The first-order valence-electron chi connectivity index (χ1n) is 7.61. The van der Waals surface area contributed by atoms with Crippen LogP contribution in [0.2, 0.25) is 0 Å². The van der Waals surface area contributed by atoms with Gasteiger partial charge in [0.1, 0.15) is 0 Å². The van der Waals surface area contributed by atoms with Crippen LogP contribution in [-0.4, -0.2) is 28.0 Å². The maximum atomic E-state index is 11.6. The molecule has 1 aromatic heterocycles. The molecule has 8 nitrogen and oxygen atoms in total. The summed E-state index contributed by atoms with van der Waals surface area (Å²) in [6, 6.07) is 15.6. The number of aliphatic imine (C=N–C) groups is 2. The second kappa shape index (κ2) is 6.89. The Hall–Kier alpha value is -3.94. The Morgan fingerprint density at radius 1 is 1.00 bits per heavy atom. The van der Waals surface area contributed by atoms with Crippen LogP contribution < -0.4 is 17.2 Å². The number of para-hydroxylation sites is 1. The van der Waals surface area contributed by atoms with Gasteiger partial charge in [0.25, 0.3) is 0 Å². The molecule has 0 bridgehead atoms. The SMILES string of the molecule is NC(N)=NC(N)=Nc1ccc(-c2cc(C(=O)O)c3ccccc3n2)cc1. The van der Waals surface area contributed by atoms with Crippen molar-refractivity contribution in [1.82, 2.24) is 4.98 Å². The number of carboxylic acids is 1. The van der Waals surface area contributed by atoms with Crippen molar-refractivity contribution in [3.05, 3.63) is 60.2 Å². The van der Waals surface area contributed by atoms with Crippen LogP contribution in [0.4, 0.5) is 5.69 Å². The van der Waals surface area contributed by atoms with E-state index in [1.165, 1.54) is 0 Å². The van der Waals surface area contributed by atoms with E-state index in [2.05, 4.69) is 15.0 Å². The number of hydrogen-bond donors (Lipinski definition) is 4. The van der Waals surface area contributed by atoms with E-state index in [0.29, 0.717) is 22.3 Å². The summed E-state index contributed by atoms with van der Waals surface area (Å²) in [6.07, 6.45) is 0. The number of aromatic carboxylic acids is 1. The van der Waals surface area contributed by atoms with Crippen LogP contribution in [-0.2, 0) is 0 Å². The van der Waals surface area contributed by atoms with Crippen LogP contribution in [0.1, 0.15) is 10.4 Å².